The second kappa shape index (κ2) is 4.79. The summed E-state index contributed by atoms with van der Waals surface area (Å²) in [4.78, 5) is 17.5. The third-order valence-corrected chi connectivity index (χ3v) is 3.55. The van der Waals surface area contributed by atoms with E-state index in [9.17, 15) is 4.79 Å². The molecule has 0 N–H and O–H groups in total. The predicted molar refractivity (Wildman–Crippen MR) is 58.7 cm³/mol. The molecule has 15 heavy (non-hydrogen) atoms. The van der Waals surface area contributed by atoms with E-state index in [1.54, 1.807) is 6.26 Å². The van der Waals surface area contributed by atoms with Crippen molar-refractivity contribution in [2.75, 3.05) is 18.4 Å². The van der Waals surface area contributed by atoms with Crippen molar-refractivity contribution in [3.63, 3.8) is 0 Å². The minimum Gasteiger partial charge on any atom is -0.451 e. The van der Waals surface area contributed by atoms with Crippen LogP contribution in [0.5, 0.6) is 0 Å². The fourth-order valence-electron chi connectivity index (χ4n) is 1.78. The molecule has 1 aliphatic rings. The second-order valence-electron chi connectivity index (χ2n) is 3.79. The molecule has 1 amide bonds. The van der Waals surface area contributed by atoms with Gasteiger partial charge in [0.25, 0.3) is 0 Å². The molecule has 1 saturated heterocycles. The van der Waals surface area contributed by atoms with Crippen LogP contribution in [-0.4, -0.2) is 34.2 Å². The average Bonchev–Trinajstić information content (AvgIpc) is 2.84. The summed E-state index contributed by atoms with van der Waals surface area (Å²) < 4.78 is 4.88. The quantitative estimate of drug-likeness (QED) is 0.780. The maximum Gasteiger partial charge on any atom is 0.222 e. The zero-order valence-corrected chi connectivity index (χ0v) is 9.94. The highest BCUT2D eigenvalue weighted by Gasteiger charge is 2.28. The van der Waals surface area contributed by atoms with Crippen LogP contribution in [-0.2, 0) is 11.2 Å². The van der Waals surface area contributed by atoms with Crippen molar-refractivity contribution in [2.24, 2.45) is 5.92 Å². The van der Waals surface area contributed by atoms with Crippen molar-refractivity contribution in [3.05, 3.63) is 18.4 Å². The van der Waals surface area contributed by atoms with Gasteiger partial charge in [-0.1, -0.05) is 15.9 Å². The predicted octanol–water partition coefficient (Wildman–Crippen LogP) is 1.46. The lowest BCUT2D eigenvalue weighted by Gasteiger charge is -2.14. The van der Waals surface area contributed by atoms with Crippen molar-refractivity contribution in [1.82, 2.24) is 9.88 Å². The minimum absolute atomic E-state index is 0.253. The first-order chi connectivity index (χ1) is 7.29. The Bertz CT molecular complexity index is 326. The molecule has 1 fully saturated rings. The normalized spacial score (nSPS) is 21.3. The molecule has 82 valence electrons. The Hall–Kier alpha value is -0.840. The topological polar surface area (TPSA) is 46.3 Å². The first kappa shape index (κ1) is 10.7. The van der Waals surface area contributed by atoms with E-state index in [2.05, 4.69) is 20.9 Å². The summed E-state index contributed by atoms with van der Waals surface area (Å²) in [6.07, 6.45) is 4.49. The minimum atomic E-state index is 0.253. The number of aromatic nitrogens is 1. The molecule has 0 saturated carbocycles. The molecule has 5 heteroatoms. The lowest BCUT2D eigenvalue weighted by Crippen LogP contribution is -2.27. The summed E-state index contributed by atoms with van der Waals surface area (Å²) in [6.45, 7) is 1.61. The zero-order valence-electron chi connectivity index (χ0n) is 8.36. The molecule has 1 aromatic rings. The molecule has 0 aliphatic carbocycles. The highest BCUT2D eigenvalue weighted by atomic mass is 79.9. The van der Waals surface area contributed by atoms with Crippen molar-refractivity contribution in [1.29, 1.82) is 0 Å². The van der Waals surface area contributed by atoms with Gasteiger partial charge in [-0.15, -0.1) is 0 Å². The Kier molecular flexibility index (Phi) is 3.41. The number of hydrogen-bond acceptors (Lipinski definition) is 3. The van der Waals surface area contributed by atoms with Gasteiger partial charge < -0.3 is 9.32 Å². The third kappa shape index (κ3) is 2.59. The molecule has 2 heterocycles. The number of nitrogens with zero attached hydrogens (tertiary/aromatic N) is 2. The SMILES string of the molecule is O=C1CC(CBr)CN1CCc1cocn1. The number of carbonyl (C=O) groups is 1. The van der Waals surface area contributed by atoms with E-state index in [0.29, 0.717) is 12.3 Å². The van der Waals surface area contributed by atoms with E-state index in [1.807, 2.05) is 4.90 Å². The summed E-state index contributed by atoms with van der Waals surface area (Å²) in [7, 11) is 0. The Labute approximate surface area is 96.8 Å². The van der Waals surface area contributed by atoms with Crippen molar-refractivity contribution < 1.29 is 9.21 Å². The molecule has 0 spiro atoms. The lowest BCUT2D eigenvalue weighted by atomic mass is 10.2. The zero-order chi connectivity index (χ0) is 10.7. The monoisotopic (exact) mass is 272 g/mol. The first-order valence-corrected chi connectivity index (χ1v) is 6.12. The van der Waals surface area contributed by atoms with E-state index < -0.39 is 0 Å². The van der Waals surface area contributed by atoms with Crippen LogP contribution >= 0.6 is 15.9 Å². The summed E-state index contributed by atoms with van der Waals surface area (Å²) in [5, 5.41) is 0.902. The van der Waals surface area contributed by atoms with Crippen molar-refractivity contribution in [2.45, 2.75) is 12.8 Å². The van der Waals surface area contributed by atoms with Gasteiger partial charge in [-0.25, -0.2) is 4.98 Å². The van der Waals surface area contributed by atoms with Crippen LogP contribution in [0.25, 0.3) is 0 Å². The Morgan fingerprint density at radius 1 is 1.67 bits per heavy atom. The third-order valence-electron chi connectivity index (χ3n) is 2.63. The molecule has 0 radical (unpaired) electrons. The molecule has 1 atom stereocenters. The Balaban J connectivity index is 1.83. The average molecular weight is 273 g/mol. The molecule has 1 unspecified atom stereocenters. The van der Waals surface area contributed by atoms with Crippen LogP contribution in [0.4, 0.5) is 0 Å². The Morgan fingerprint density at radius 2 is 2.53 bits per heavy atom. The van der Waals surface area contributed by atoms with Gasteiger partial charge in [0.15, 0.2) is 6.39 Å². The van der Waals surface area contributed by atoms with Crippen LogP contribution in [0.3, 0.4) is 0 Å². The Morgan fingerprint density at radius 3 is 3.13 bits per heavy atom. The smallest absolute Gasteiger partial charge is 0.222 e. The van der Waals surface area contributed by atoms with E-state index >= 15 is 0 Å². The first-order valence-electron chi connectivity index (χ1n) is 5.00. The summed E-state index contributed by atoms with van der Waals surface area (Å²) >= 11 is 3.41. The van der Waals surface area contributed by atoms with Gasteiger partial charge in [-0.2, -0.15) is 0 Å². The molecule has 0 aromatic carbocycles. The number of amides is 1. The van der Waals surface area contributed by atoms with E-state index in [0.717, 1.165) is 30.5 Å². The van der Waals surface area contributed by atoms with Crippen molar-refractivity contribution >= 4 is 21.8 Å². The van der Waals surface area contributed by atoms with Crippen LogP contribution in [0.1, 0.15) is 12.1 Å². The molecular formula is C10H13BrN2O2. The van der Waals surface area contributed by atoms with Gasteiger partial charge in [0.2, 0.25) is 5.91 Å². The number of oxazole rings is 1. The van der Waals surface area contributed by atoms with Crippen LogP contribution in [0.15, 0.2) is 17.1 Å². The van der Waals surface area contributed by atoms with Gasteiger partial charge in [0, 0.05) is 31.3 Å². The fraction of sp³-hybridized carbons (Fsp3) is 0.600. The summed E-state index contributed by atoms with van der Waals surface area (Å²) in [6, 6.07) is 0. The number of alkyl halides is 1. The van der Waals surface area contributed by atoms with Crippen LogP contribution in [0, 0.1) is 5.92 Å². The highest BCUT2D eigenvalue weighted by molar-refractivity contribution is 9.09. The number of likely N-dealkylation sites (tertiary alicyclic amines) is 1. The van der Waals surface area contributed by atoms with E-state index in [4.69, 9.17) is 4.42 Å². The molecule has 2 rings (SSSR count). The summed E-state index contributed by atoms with van der Waals surface area (Å²) in [5.41, 5.74) is 0.907. The van der Waals surface area contributed by atoms with Gasteiger partial charge in [0.05, 0.1) is 5.69 Å². The fourth-order valence-corrected chi connectivity index (χ4v) is 2.22. The molecule has 4 nitrogen and oxygen atoms in total. The number of rotatable bonds is 4. The van der Waals surface area contributed by atoms with Gasteiger partial charge in [-0.05, 0) is 5.92 Å². The van der Waals surface area contributed by atoms with Crippen LogP contribution < -0.4 is 0 Å². The maximum atomic E-state index is 11.6. The van der Waals surface area contributed by atoms with Gasteiger partial charge >= 0.3 is 0 Å². The largest absolute Gasteiger partial charge is 0.451 e. The second-order valence-corrected chi connectivity index (χ2v) is 4.44. The van der Waals surface area contributed by atoms with Gasteiger partial charge in [-0.3, -0.25) is 4.79 Å². The number of halogens is 1. The van der Waals surface area contributed by atoms with E-state index in [-0.39, 0.29) is 5.91 Å². The number of hydrogen-bond donors (Lipinski definition) is 0. The maximum absolute atomic E-state index is 11.6. The van der Waals surface area contributed by atoms with Crippen LogP contribution in [0.2, 0.25) is 0 Å². The molecule has 1 aromatic heterocycles. The number of carbonyl (C=O) groups excluding carboxylic acids is 1. The van der Waals surface area contributed by atoms with Gasteiger partial charge in [0.1, 0.15) is 6.26 Å². The standard InChI is InChI=1S/C10H13BrN2O2/c11-4-8-3-10(14)13(5-8)2-1-9-6-15-7-12-9/h6-8H,1-5H2. The van der Waals surface area contributed by atoms with Crippen molar-refractivity contribution in [3.8, 4) is 0 Å². The molecular weight excluding hydrogens is 260 g/mol. The highest BCUT2D eigenvalue weighted by Crippen LogP contribution is 2.19. The molecule has 0 bridgehead atoms. The van der Waals surface area contributed by atoms with E-state index in [1.165, 1.54) is 6.39 Å². The summed E-state index contributed by atoms with van der Waals surface area (Å²) in [5.74, 6) is 0.720. The molecule has 1 aliphatic heterocycles. The lowest BCUT2D eigenvalue weighted by molar-refractivity contribution is -0.127.